The monoisotopic (exact) mass is 251 g/mol. The normalized spacial score (nSPS) is 17.6. The molecule has 3 heteroatoms. The topological polar surface area (TPSA) is 21.3 Å². The van der Waals surface area contributed by atoms with E-state index in [1.54, 1.807) is 12.1 Å². The van der Waals surface area contributed by atoms with Crippen LogP contribution < -0.4 is 10.1 Å². The van der Waals surface area contributed by atoms with Gasteiger partial charge in [-0.05, 0) is 57.0 Å². The van der Waals surface area contributed by atoms with Gasteiger partial charge in [0.05, 0.1) is 0 Å². The van der Waals surface area contributed by atoms with Crippen LogP contribution in [0.25, 0.3) is 0 Å². The van der Waals surface area contributed by atoms with Crippen molar-refractivity contribution in [2.24, 2.45) is 0 Å². The number of fused-ring (bicyclic) bond motifs is 1. The molecule has 0 fully saturated rings. The molecule has 2 rings (SSSR count). The number of hydrogen-bond acceptors (Lipinski definition) is 2. The second kappa shape index (κ2) is 6.74. The van der Waals surface area contributed by atoms with Crippen molar-refractivity contribution in [2.45, 2.75) is 45.1 Å². The number of unbranched alkanes of at least 4 members (excludes halogenated alkanes) is 1. The molecule has 0 radical (unpaired) electrons. The van der Waals surface area contributed by atoms with Gasteiger partial charge >= 0.3 is 0 Å². The van der Waals surface area contributed by atoms with Gasteiger partial charge < -0.3 is 10.1 Å². The molecule has 0 amide bonds. The van der Waals surface area contributed by atoms with E-state index in [-0.39, 0.29) is 11.9 Å². The standard InChI is InChI=1S/C15H22FNO/c1-2-8-17-9-4-3-5-14-11-12-10-13(16)6-7-15(12)18-14/h6-7,10,14,17H,2-5,8-9,11H2,1H3. The zero-order valence-corrected chi connectivity index (χ0v) is 11.0. The van der Waals surface area contributed by atoms with Gasteiger partial charge in [0.2, 0.25) is 0 Å². The maximum Gasteiger partial charge on any atom is 0.123 e. The highest BCUT2D eigenvalue weighted by atomic mass is 19.1. The minimum absolute atomic E-state index is 0.165. The second-order valence-electron chi connectivity index (χ2n) is 4.94. The Bertz CT molecular complexity index is 381. The Morgan fingerprint density at radius 1 is 1.33 bits per heavy atom. The summed E-state index contributed by atoms with van der Waals surface area (Å²) in [7, 11) is 0. The van der Waals surface area contributed by atoms with Gasteiger partial charge in [0.1, 0.15) is 17.7 Å². The average Bonchev–Trinajstić information content (AvgIpc) is 2.75. The maximum absolute atomic E-state index is 13.1. The molecule has 0 aromatic heterocycles. The van der Waals surface area contributed by atoms with Crippen LogP contribution in [-0.2, 0) is 6.42 Å². The van der Waals surface area contributed by atoms with Crippen molar-refractivity contribution in [3.63, 3.8) is 0 Å². The molecule has 1 unspecified atom stereocenters. The van der Waals surface area contributed by atoms with Crippen molar-refractivity contribution in [3.05, 3.63) is 29.6 Å². The smallest absolute Gasteiger partial charge is 0.123 e. The summed E-state index contributed by atoms with van der Waals surface area (Å²) < 4.78 is 18.9. The Morgan fingerprint density at radius 3 is 3.06 bits per heavy atom. The van der Waals surface area contributed by atoms with E-state index in [4.69, 9.17) is 4.74 Å². The fourth-order valence-electron chi connectivity index (χ4n) is 2.37. The quantitative estimate of drug-likeness (QED) is 0.751. The van der Waals surface area contributed by atoms with Crippen LogP contribution in [0.1, 0.15) is 38.2 Å². The van der Waals surface area contributed by atoms with Crippen molar-refractivity contribution >= 4 is 0 Å². The van der Waals surface area contributed by atoms with Crippen molar-refractivity contribution in [1.82, 2.24) is 5.32 Å². The fourth-order valence-corrected chi connectivity index (χ4v) is 2.37. The summed E-state index contributed by atoms with van der Waals surface area (Å²) in [5, 5.41) is 3.39. The van der Waals surface area contributed by atoms with Crippen molar-refractivity contribution < 1.29 is 9.13 Å². The van der Waals surface area contributed by atoms with Gasteiger partial charge in [-0.25, -0.2) is 4.39 Å². The molecule has 100 valence electrons. The van der Waals surface area contributed by atoms with Gasteiger partial charge in [-0.15, -0.1) is 0 Å². The molecule has 0 bridgehead atoms. The minimum Gasteiger partial charge on any atom is -0.490 e. The van der Waals surface area contributed by atoms with Gasteiger partial charge in [0.15, 0.2) is 0 Å². The van der Waals surface area contributed by atoms with Crippen LogP contribution in [-0.4, -0.2) is 19.2 Å². The highest BCUT2D eigenvalue weighted by Gasteiger charge is 2.22. The summed E-state index contributed by atoms with van der Waals surface area (Å²) in [4.78, 5) is 0. The third-order valence-electron chi connectivity index (χ3n) is 3.32. The van der Waals surface area contributed by atoms with Gasteiger partial charge in [0.25, 0.3) is 0 Å². The molecule has 1 N–H and O–H groups in total. The first-order chi connectivity index (χ1) is 8.79. The number of ether oxygens (including phenoxy) is 1. The first kappa shape index (κ1) is 13.3. The molecule has 1 heterocycles. The van der Waals surface area contributed by atoms with E-state index in [1.807, 2.05) is 0 Å². The van der Waals surface area contributed by atoms with E-state index < -0.39 is 0 Å². The summed E-state index contributed by atoms with van der Waals surface area (Å²) in [6, 6.07) is 4.81. The molecule has 0 saturated carbocycles. The van der Waals surface area contributed by atoms with Crippen molar-refractivity contribution in [3.8, 4) is 5.75 Å². The molecule has 18 heavy (non-hydrogen) atoms. The number of rotatable bonds is 7. The summed E-state index contributed by atoms with van der Waals surface area (Å²) in [6.07, 6.45) is 5.70. The first-order valence-corrected chi connectivity index (χ1v) is 6.95. The largest absolute Gasteiger partial charge is 0.490 e. The lowest BCUT2D eigenvalue weighted by atomic mass is 10.1. The predicted octanol–water partition coefficient (Wildman–Crippen LogP) is 3.30. The molecule has 0 saturated heterocycles. The Kier molecular flexibility index (Phi) is 5.00. The van der Waals surface area contributed by atoms with Crippen LogP contribution in [0.5, 0.6) is 5.75 Å². The van der Waals surface area contributed by atoms with E-state index in [1.165, 1.54) is 18.9 Å². The number of nitrogens with one attached hydrogen (secondary N) is 1. The third-order valence-corrected chi connectivity index (χ3v) is 3.32. The van der Waals surface area contributed by atoms with Crippen molar-refractivity contribution in [1.29, 1.82) is 0 Å². The second-order valence-corrected chi connectivity index (χ2v) is 4.94. The van der Waals surface area contributed by atoms with Gasteiger partial charge in [-0.2, -0.15) is 0 Å². The lowest BCUT2D eigenvalue weighted by Gasteiger charge is -2.10. The van der Waals surface area contributed by atoms with Crippen LogP contribution >= 0.6 is 0 Å². The molecule has 1 aliphatic rings. The molecular weight excluding hydrogens is 229 g/mol. The first-order valence-electron chi connectivity index (χ1n) is 6.95. The van der Waals surface area contributed by atoms with E-state index in [2.05, 4.69) is 12.2 Å². The van der Waals surface area contributed by atoms with E-state index in [9.17, 15) is 4.39 Å². The van der Waals surface area contributed by atoms with Gasteiger partial charge in [-0.3, -0.25) is 0 Å². The number of halogens is 1. The zero-order valence-electron chi connectivity index (χ0n) is 11.0. The lowest BCUT2D eigenvalue weighted by Crippen LogP contribution is -2.17. The fraction of sp³-hybridized carbons (Fsp3) is 0.600. The van der Waals surface area contributed by atoms with Crippen LogP contribution in [0.15, 0.2) is 18.2 Å². The Morgan fingerprint density at radius 2 is 2.22 bits per heavy atom. The zero-order chi connectivity index (χ0) is 12.8. The molecule has 1 aromatic carbocycles. The molecule has 0 aliphatic carbocycles. The molecule has 1 aliphatic heterocycles. The number of hydrogen-bond donors (Lipinski definition) is 1. The molecule has 0 spiro atoms. The lowest BCUT2D eigenvalue weighted by molar-refractivity contribution is 0.216. The van der Waals surface area contributed by atoms with Crippen LogP contribution in [0.2, 0.25) is 0 Å². The van der Waals surface area contributed by atoms with E-state index in [0.29, 0.717) is 0 Å². The summed E-state index contributed by atoms with van der Waals surface area (Å²) >= 11 is 0. The SMILES string of the molecule is CCCNCCCCC1Cc2cc(F)ccc2O1. The predicted molar refractivity (Wildman–Crippen MR) is 71.5 cm³/mol. The van der Waals surface area contributed by atoms with Gasteiger partial charge in [0, 0.05) is 12.0 Å². The summed E-state index contributed by atoms with van der Waals surface area (Å²) in [5.74, 6) is 0.701. The van der Waals surface area contributed by atoms with Crippen LogP contribution in [0.3, 0.4) is 0 Å². The number of benzene rings is 1. The molecule has 1 aromatic rings. The van der Waals surface area contributed by atoms with Gasteiger partial charge in [-0.1, -0.05) is 6.92 Å². The molecule has 1 atom stereocenters. The van der Waals surface area contributed by atoms with Crippen LogP contribution in [0.4, 0.5) is 4.39 Å². The Hall–Kier alpha value is -1.09. The Balaban J connectivity index is 1.65. The minimum atomic E-state index is -0.165. The highest BCUT2D eigenvalue weighted by molar-refractivity contribution is 5.37. The third kappa shape index (κ3) is 3.70. The summed E-state index contributed by atoms with van der Waals surface area (Å²) in [6.45, 7) is 4.36. The molecule has 2 nitrogen and oxygen atoms in total. The van der Waals surface area contributed by atoms with Crippen molar-refractivity contribution in [2.75, 3.05) is 13.1 Å². The van der Waals surface area contributed by atoms with E-state index >= 15 is 0 Å². The average molecular weight is 251 g/mol. The van der Waals surface area contributed by atoms with E-state index in [0.717, 1.165) is 43.7 Å². The molecular formula is C15H22FNO. The summed E-state index contributed by atoms with van der Waals surface area (Å²) in [5.41, 5.74) is 1.02. The van der Waals surface area contributed by atoms with Crippen LogP contribution in [0, 0.1) is 5.82 Å². The Labute approximate surface area is 109 Å². The maximum atomic E-state index is 13.1. The highest BCUT2D eigenvalue weighted by Crippen LogP contribution is 2.30.